The molecule has 1 saturated heterocycles. The molecule has 3 aliphatic rings. The van der Waals surface area contributed by atoms with Gasteiger partial charge in [-0.3, -0.25) is 14.5 Å². The summed E-state index contributed by atoms with van der Waals surface area (Å²) in [6.45, 7) is 0. The van der Waals surface area contributed by atoms with Crippen LogP contribution in [0.3, 0.4) is 0 Å². The molecule has 3 fully saturated rings. The van der Waals surface area contributed by atoms with E-state index in [1.54, 1.807) is 48.5 Å². The Labute approximate surface area is 196 Å². The number of amides is 2. The van der Waals surface area contributed by atoms with Crippen LogP contribution in [0.5, 0.6) is 11.5 Å². The van der Waals surface area contributed by atoms with Crippen LogP contribution in [0.15, 0.2) is 48.5 Å². The summed E-state index contributed by atoms with van der Waals surface area (Å²) >= 11 is 7.39. The normalized spacial score (nSPS) is 31.1. The number of rotatable bonds is 4. The van der Waals surface area contributed by atoms with E-state index in [1.807, 2.05) is 0 Å². The van der Waals surface area contributed by atoms with Gasteiger partial charge in [-0.1, -0.05) is 44.0 Å². The molecule has 1 aliphatic heterocycles. The van der Waals surface area contributed by atoms with Crippen molar-refractivity contribution in [1.82, 2.24) is 0 Å². The minimum atomic E-state index is -0.545. The maximum Gasteiger partial charge on any atom is 0.347 e. The van der Waals surface area contributed by atoms with Gasteiger partial charge in [0, 0.05) is 9.65 Å². The van der Waals surface area contributed by atoms with Crippen molar-refractivity contribution in [2.45, 2.75) is 16.1 Å². The lowest BCUT2D eigenvalue weighted by atomic mass is 9.81. The molecule has 0 spiro atoms. The zero-order chi connectivity index (χ0) is 21.9. The first-order valence-corrected chi connectivity index (χ1v) is 11.9. The van der Waals surface area contributed by atoms with Crippen molar-refractivity contribution in [3.63, 3.8) is 0 Å². The van der Waals surface area contributed by atoms with Crippen molar-refractivity contribution < 1.29 is 23.9 Å². The van der Waals surface area contributed by atoms with E-state index in [2.05, 4.69) is 31.9 Å². The number of nitrogens with zero attached hydrogens (tertiary/aromatic N) is 1. The SMILES string of the molecule is COc1ccccc1C(=O)Oc1ccc(N2C(=O)[C@@H]3[C@H]4C[C@@H]([C@H](Br)[C@H]4Br)[C@@H]3C2=O)cc1. The van der Waals surface area contributed by atoms with Crippen molar-refractivity contribution in [2.24, 2.45) is 23.7 Å². The number of imide groups is 1. The summed E-state index contributed by atoms with van der Waals surface area (Å²) in [5.41, 5.74) is 0.814. The van der Waals surface area contributed by atoms with Crippen molar-refractivity contribution >= 4 is 55.3 Å². The fourth-order valence-electron chi connectivity index (χ4n) is 5.24. The second-order valence-electron chi connectivity index (χ2n) is 8.10. The second-order valence-corrected chi connectivity index (χ2v) is 10.2. The topological polar surface area (TPSA) is 72.9 Å². The molecule has 2 aliphatic carbocycles. The Morgan fingerprint density at radius 2 is 1.52 bits per heavy atom. The monoisotopic (exact) mass is 547 g/mol. The third kappa shape index (κ3) is 3.14. The smallest absolute Gasteiger partial charge is 0.347 e. The lowest BCUT2D eigenvalue weighted by molar-refractivity contribution is -0.123. The first-order chi connectivity index (χ1) is 14.9. The molecule has 1 heterocycles. The summed E-state index contributed by atoms with van der Waals surface area (Å²) in [7, 11) is 1.49. The molecule has 6 atom stereocenters. The van der Waals surface area contributed by atoms with E-state index in [-0.39, 0.29) is 45.1 Å². The maximum absolute atomic E-state index is 13.1. The molecule has 5 rings (SSSR count). The van der Waals surface area contributed by atoms with E-state index in [9.17, 15) is 14.4 Å². The number of hydrogen-bond acceptors (Lipinski definition) is 5. The Bertz CT molecular complexity index is 1040. The van der Waals surface area contributed by atoms with Gasteiger partial charge in [-0.15, -0.1) is 0 Å². The molecular formula is C23H19Br2NO5. The number of esters is 1. The van der Waals surface area contributed by atoms with Gasteiger partial charge in [-0.2, -0.15) is 0 Å². The van der Waals surface area contributed by atoms with Crippen LogP contribution in [0, 0.1) is 23.7 Å². The Morgan fingerprint density at radius 3 is 2.10 bits per heavy atom. The molecule has 160 valence electrons. The zero-order valence-electron chi connectivity index (χ0n) is 16.5. The van der Waals surface area contributed by atoms with Gasteiger partial charge in [0.25, 0.3) is 0 Å². The summed E-state index contributed by atoms with van der Waals surface area (Å²) in [5.74, 6) is -0.262. The molecule has 8 heteroatoms. The Kier molecular flexibility index (Phi) is 5.17. The number of alkyl halides is 2. The van der Waals surface area contributed by atoms with E-state index >= 15 is 0 Å². The number of para-hydroxylation sites is 1. The van der Waals surface area contributed by atoms with Crippen LogP contribution in [-0.2, 0) is 9.59 Å². The van der Waals surface area contributed by atoms with Crippen molar-refractivity contribution in [3.8, 4) is 11.5 Å². The molecule has 6 nitrogen and oxygen atoms in total. The van der Waals surface area contributed by atoms with Gasteiger partial charge in [-0.05, 0) is 54.7 Å². The van der Waals surface area contributed by atoms with Gasteiger partial charge >= 0.3 is 5.97 Å². The molecule has 0 unspecified atom stereocenters. The van der Waals surface area contributed by atoms with Gasteiger partial charge in [-0.25, -0.2) is 4.79 Å². The van der Waals surface area contributed by atoms with Crippen LogP contribution in [-0.4, -0.2) is 34.5 Å². The Hall–Kier alpha value is -2.19. The minimum Gasteiger partial charge on any atom is -0.496 e. The number of ether oxygens (including phenoxy) is 2. The summed E-state index contributed by atoms with van der Waals surface area (Å²) in [5, 5.41) is 0. The zero-order valence-corrected chi connectivity index (χ0v) is 19.7. The predicted octanol–water partition coefficient (Wildman–Crippen LogP) is 4.20. The molecule has 0 radical (unpaired) electrons. The second kappa shape index (κ2) is 7.74. The largest absolute Gasteiger partial charge is 0.496 e. The molecule has 31 heavy (non-hydrogen) atoms. The quantitative estimate of drug-likeness (QED) is 0.248. The third-order valence-corrected chi connectivity index (χ3v) is 9.83. The molecule has 0 aromatic heterocycles. The standard InChI is InChI=1S/C23H19Br2NO5/c1-30-16-5-3-2-4-13(16)23(29)31-12-8-6-11(7-9-12)26-21(27)17-14-10-15(18(17)22(26)28)20(25)19(14)24/h2-9,14-15,17-20H,10H2,1H3/t14-,15-,17-,18+,19+,20+/m1/s1. The van der Waals surface area contributed by atoms with Crippen molar-refractivity contribution in [2.75, 3.05) is 12.0 Å². The number of anilines is 1. The van der Waals surface area contributed by atoms with E-state index in [0.717, 1.165) is 6.42 Å². The van der Waals surface area contributed by atoms with E-state index in [0.29, 0.717) is 22.7 Å². The Balaban J connectivity index is 1.35. The average molecular weight is 549 g/mol. The summed E-state index contributed by atoms with van der Waals surface area (Å²) in [4.78, 5) is 40.4. The highest BCUT2D eigenvalue weighted by Gasteiger charge is 2.66. The lowest BCUT2D eigenvalue weighted by Gasteiger charge is -2.28. The van der Waals surface area contributed by atoms with E-state index in [4.69, 9.17) is 9.47 Å². The molecular weight excluding hydrogens is 530 g/mol. The highest BCUT2D eigenvalue weighted by atomic mass is 79.9. The highest BCUT2D eigenvalue weighted by molar-refractivity contribution is 9.12. The number of carbonyl (C=O) groups is 3. The lowest BCUT2D eigenvalue weighted by Crippen LogP contribution is -2.37. The van der Waals surface area contributed by atoms with E-state index in [1.165, 1.54) is 12.0 Å². The van der Waals surface area contributed by atoms with Crippen molar-refractivity contribution in [3.05, 3.63) is 54.1 Å². The van der Waals surface area contributed by atoms with E-state index < -0.39 is 5.97 Å². The van der Waals surface area contributed by atoms with Crippen LogP contribution < -0.4 is 14.4 Å². The van der Waals surface area contributed by atoms with Crippen LogP contribution in [0.1, 0.15) is 16.8 Å². The van der Waals surface area contributed by atoms with Crippen molar-refractivity contribution in [1.29, 1.82) is 0 Å². The number of fused-ring (bicyclic) bond motifs is 5. The number of benzene rings is 2. The van der Waals surface area contributed by atoms with Gasteiger partial charge in [0.05, 0.1) is 24.6 Å². The molecule has 2 amide bonds. The first kappa shape index (κ1) is 20.7. The fourth-order valence-corrected chi connectivity index (χ4v) is 7.12. The molecule has 2 saturated carbocycles. The highest BCUT2D eigenvalue weighted by Crippen LogP contribution is 2.60. The van der Waals surface area contributed by atoms with Crippen LogP contribution in [0.4, 0.5) is 5.69 Å². The summed E-state index contributed by atoms with van der Waals surface area (Å²) in [6, 6.07) is 13.3. The predicted molar refractivity (Wildman–Crippen MR) is 121 cm³/mol. The number of hydrogen-bond donors (Lipinski definition) is 0. The number of carbonyl (C=O) groups excluding carboxylic acids is 3. The molecule has 2 aromatic carbocycles. The molecule has 2 aromatic rings. The third-order valence-electron chi connectivity index (χ3n) is 6.62. The molecule has 2 bridgehead atoms. The number of halogens is 2. The average Bonchev–Trinajstić information content (AvgIpc) is 3.39. The van der Waals surface area contributed by atoms with Gasteiger partial charge in [0.1, 0.15) is 17.1 Å². The van der Waals surface area contributed by atoms with Crippen LogP contribution >= 0.6 is 31.9 Å². The van der Waals surface area contributed by atoms with Gasteiger partial charge in [0.2, 0.25) is 11.8 Å². The van der Waals surface area contributed by atoms with Crippen LogP contribution in [0.2, 0.25) is 0 Å². The first-order valence-electron chi connectivity index (χ1n) is 10.0. The maximum atomic E-state index is 13.1. The minimum absolute atomic E-state index is 0.134. The summed E-state index contributed by atoms with van der Waals surface area (Å²) < 4.78 is 10.6. The number of methoxy groups -OCH3 is 1. The fraction of sp³-hybridized carbons (Fsp3) is 0.348. The molecule has 0 N–H and O–H groups in total. The summed E-state index contributed by atoms with van der Waals surface area (Å²) in [6.07, 6.45) is 0.893. The van der Waals surface area contributed by atoms with Crippen LogP contribution in [0.25, 0.3) is 0 Å². The van der Waals surface area contributed by atoms with Gasteiger partial charge < -0.3 is 9.47 Å². The Morgan fingerprint density at radius 1 is 0.935 bits per heavy atom. The van der Waals surface area contributed by atoms with Gasteiger partial charge in [0.15, 0.2) is 0 Å².